The molecule has 1 amide bonds. The molecule has 0 saturated heterocycles. The van der Waals surface area contributed by atoms with Crippen LogP contribution >= 0.6 is 11.3 Å². The molecule has 5 nitrogen and oxygen atoms in total. The molecule has 1 aliphatic carbocycles. The number of hydrogen-bond acceptors (Lipinski definition) is 5. The molecule has 0 saturated carbocycles. The van der Waals surface area contributed by atoms with Crippen molar-refractivity contribution in [3.05, 3.63) is 41.0 Å². The number of benzene rings is 1. The molecule has 0 unspecified atom stereocenters. The number of aryl methyl sites for hydroxylation is 2. The molecular formula is C17H16N4OS. The van der Waals surface area contributed by atoms with Crippen LogP contribution in [0.25, 0.3) is 10.2 Å². The van der Waals surface area contributed by atoms with Crippen molar-refractivity contribution in [3.8, 4) is 0 Å². The summed E-state index contributed by atoms with van der Waals surface area (Å²) in [7, 11) is 0. The number of fused-ring (bicyclic) bond motifs is 3. The lowest BCUT2D eigenvalue weighted by Crippen LogP contribution is -2.05. The molecule has 2 aromatic heterocycles. The standard InChI is InChI=1S/C17H16N4OS/c1-10(22)20-11-5-7-12(8-6-11)21-16-15-13-3-2-4-14(13)23-17(15)19-9-18-16/h5-9H,2-4H2,1H3,(H,20,22)(H,18,19,21). The minimum Gasteiger partial charge on any atom is -0.340 e. The second-order valence-electron chi connectivity index (χ2n) is 5.64. The Bertz CT molecular complexity index is 885. The summed E-state index contributed by atoms with van der Waals surface area (Å²) in [6, 6.07) is 7.62. The lowest BCUT2D eigenvalue weighted by Gasteiger charge is -2.09. The topological polar surface area (TPSA) is 66.9 Å². The summed E-state index contributed by atoms with van der Waals surface area (Å²) < 4.78 is 0. The number of amides is 1. The van der Waals surface area contributed by atoms with Gasteiger partial charge < -0.3 is 10.6 Å². The van der Waals surface area contributed by atoms with E-state index in [1.54, 1.807) is 17.7 Å². The summed E-state index contributed by atoms with van der Waals surface area (Å²) in [5.41, 5.74) is 3.13. The van der Waals surface area contributed by atoms with Gasteiger partial charge in [0.05, 0.1) is 5.39 Å². The molecule has 6 heteroatoms. The van der Waals surface area contributed by atoms with Gasteiger partial charge in [0.25, 0.3) is 0 Å². The van der Waals surface area contributed by atoms with Crippen LogP contribution in [0, 0.1) is 0 Å². The van der Waals surface area contributed by atoms with Gasteiger partial charge in [-0.3, -0.25) is 4.79 Å². The third-order valence-electron chi connectivity index (χ3n) is 3.97. The zero-order chi connectivity index (χ0) is 15.8. The number of rotatable bonds is 3. The van der Waals surface area contributed by atoms with E-state index < -0.39 is 0 Å². The van der Waals surface area contributed by atoms with Crippen molar-refractivity contribution in [1.29, 1.82) is 0 Å². The summed E-state index contributed by atoms with van der Waals surface area (Å²) in [6.07, 6.45) is 5.10. The summed E-state index contributed by atoms with van der Waals surface area (Å²) in [5, 5.41) is 7.31. The number of aromatic nitrogens is 2. The van der Waals surface area contributed by atoms with Gasteiger partial charge in [0.15, 0.2) is 0 Å². The molecule has 0 aliphatic heterocycles. The zero-order valence-corrected chi connectivity index (χ0v) is 13.5. The third kappa shape index (κ3) is 2.66. The molecule has 116 valence electrons. The molecule has 0 atom stereocenters. The third-order valence-corrected chi connectivity index (χ3v) is 5.17. The van der Waals surface area contributed by atoms with Crippen LogP contribution < -0.4 is 10.6 Å². The van der Waals surface area contributed by atoms with E-state index in [-0.39, 0.29) is 5.91 Å². The van der Waals surface area contributed by atoms with Gasteiger partial charge in [0, 0.05) is 23.2 Å². The Balaban J connectivity index is 1.66. The second kappa shape index (κ2) is 5.62. The fourth-order valence-corrected chi connectivity index (χ4v) is 4.23. The van der Waals surface area contributed by atoms with Crippen LogP contribution in [0.2, 0.25) is 0 Å². The number of hydrogen-bond donors (Lipinski definition) is 2. The van der Waals surface area contributed by atoms with E-state index in [9.17, 15) is 4.79 Å². The van der Waals surface area contributed by atoms with Gasteiger partial charge in [0.1, 0.15) is 17.0 Å². The Labute approximate surface area is 137 Å². The molecule has 2 heterocycles. The number of carbonyl (C=O) groups excluding carboxylic acids is 1. The van der Waals surface area contributed by atoms with Crippen molar-refractivity contribution < 1.29 is 4.79 Å². The molecule has 23 heavy (non-hydrogen) atoms. The molecule has 4 rings (SSSR count). The Morgan fingerprint density at radius 3 is 2.70 bits per heavy atom. The maximum Gasteiger partial charge on any atom is 0.221 e. The Hall–Kier alpha value is -2.47. The Kier molecular flexibility index (Phi) is 3.46. The van der Waals surface area contributed by atoms with Gasteiger partial charge in [-0.2, -0.15) is 0 Å². The lowest BCUT2D eigenvalue weighted by atomic mass is 10.2. The second-order valence-corrected chi connectivity index (χ2v) is 6.73. The summed E-state index contributed by atoms with van der Waals surface area (Å²) in [4.78, 5) is 22.4. The first-order valence-electron chi connectivity index (χ1n) is 7.60. The number of anilines is 3. The van der Waals surface area contributed by atoms with Crippen molar-refractivity contribution in [1.82, 2.24) is 9.97 Å². The zero-order valence-electron chi connectivity index (χ0n) is 12.7. The van der Waals surface area contributed by atoms with Crippen LogP contribution in [-0.4, -0.2) is 15.9 Å². The number of thiophene rings is 1. The Morgan fingerprint density at radius 1 is 1.13 bits per heavy atom. The van der Waals surface area contributed by atoms with E-state index >= 15 is 0 Å². The van der Waals surface area contributed by atoms with E-state index in [0.717, 1.165) is 40.3 Å². The van der Waals surface area contributed by atoms with Crippen LogP contribution in [0.15, 0.2) is 30.6 Å². The first kappa shape index (κ1) is 14.1. The SMILES string of the molecule is CC(=O)Nc1ccc(Nc2ncnc3sc4c(c23)CCC4)cc1. The Morgan fingerprint density at radius 2 is 1.91 bits per heavy atom. The van der Waals surface area contributed by atoms with E-state index in [1.165, 1.54) is 23.8 Å². The molecule has 0 spiro atoms. The van der Waals surface area contributed by atoms with E-state index in [2.05, 4.69) is 20.6 Å². The molecule has 0 fully saturated rings. The first-order valence-corrected chi connectivity index (χ1v) is 8.42. The predicted molar refractivity (Wildman–Crippen MR) is 93.5 cm³/mol. The highest BCUT2D eigenvalue weighted by molar-refractivity contribution is 7.19. The maximum atomic E-state index is 11.1. The minimum absolute atomic E-state index is 0.0722. The molecular weight excluding hydrogens is 308 g/mol. The summed E-state index contributed by atoms with van der Waals surface area (Å²) in [6.45, 7) is 1.50. The van der Waals surface area contributed by atoms with Gasteiger partial charge in [-0.05, 0) is 49.1 Å². The number of nitrogens with one attached hydrogen (secondary N) is 2. The van der Waals surface area contributed by atoms with Crippen LogP contribution in [0.5, 0.6) is 0 Å². The number of carbonyl (C=O) groups is 1. The van der Waals surface area contributed by atoms with Crippen molar-refractivity contribution >= 4 is 44.7 Å². The van der Waals surface area contributed by atoms with Gasteiger partial charge in [-0.15, -0.1) is 11.3 Å². The van der Waals surface area contributed by atoms with Gasteiger partial charge in [0.2, 0.25) is 5.91 Å². The van der Waals surface area contributed by atoms with Gasteiger partial charge in [-0.25, -0.2) is 9.97 Å². The molecule has 1 aromatic carbocycles. The molecule has 3 aromatic rings. The average molecular weight is 324 g/mol. The quantitative estimate of drug-likeness (QED) is 0.767. The monoisotopic (exact) mass is 324 g/mol. The number of nitrogens with zero attached hydrogens (tertiary/aromatic N) is 2. The normalized spacial score (nSPS) is 13.1. The first-order chi connectivity index (χ1) is 11.2. The van der Waals surface area contributed by atoms with Crippen LogP contribution in [0.3, 0.4) is 0 Å². The van der Waals surface area contributed by atoms with E-state index in [0.29, 0.717) is 0 Å². The summed E-state index contributed by atoms with van der Waals surface area (Å²) in [5.74, 6) is 0.790. The highest BCUT2D eigenvalue weighted by atomic mass is 32.1. The smallest absolute Gasteiger partial charge is 0.221 e. The van der Waals surface area contributed by atoms with Gasteiger partial charge in [-0.1, -0.05) is 0 Å². The van der Waals surface area contributed by atoms with E-state index in [1.807, 2.05) is 24.3 Å². The van der Waals surface area contributed by atoms with Crippen LogP contribution in [0.4, 0.5) is 17.2 Å². The fourth-order valence-electron chi connectivity index (χ4n) is 3.00. The van der Waals surface area contributed by atoms with Crippen molar-refractivity contribution in [2.45, 2.75) is 26.2 Å². The molecule has 2 N–H and O–H groups in total. The minimum atomic E-state index is -0.0722. The van der Waals surface area contributed by atoms with E-state index in [4.69, 9.17) is 0 Å². The fraction of sp³-hybridized carbons (Fsp3) is 0.235. The van der Waals surface area contributed by atoms with Crippen LogP contribution in [0.1, 0.15) is 23.8 Å². The van der Waals surface area contributed by atoms with Gasteiger partial charge >= 0.3 is 0 Å². The molecule has 1 aliphatic rings. The lowest BCUT2D eigenvalue weighted by molar-refractivity contribution is -0.114. The van der Waals surface area contributed by atoms with Crippen molar-refractivity contribution in [3.63, 3.8) is 0 Å². The maximum absolute atomic E-state index is 11.1. The highest BCUT2D eigenvalue weighted by Crippen LogP contribution is 2.39. The largest absolute Gasteiger partial charge is 0.340 e. The highest BCUT2D eigenvalue weighted by Gasteiger charge is 2.21. The summed E-state index contributed by atoms with van der Waals surface area (Å²) >= 11 is 1.78. The van der Waals surface area contributed by atoms with Crippen molar-refractivity contribution in [2.24, 2.45) is 0 Å². The molecule has 0 bridgehead atoms. The molecule has 0 radical (unpaired) electrons. The predicted octanol–water partition coefficient (Wildman–Crippen LogP) is 3.88. The van der Waals surface area contributed by atoms with Crippen LogP contribution in [-0.2, 0) is 17.6 Å². The van der Waals surface area contributed by atoms with Crippen molar-refractivity contribution in [2.75, 3.05) is 10.6 Å². The average Bonchev–Trinajstić information content (AvgIpc) is 3.09.